The Morgan fingerprint density at radius 2 is 1.77 bits per heavy atom. The number of nitrogens with one attached hydrogen (secondary N) is 2. The molecule has 2 aromatic rings. The lowest BCUT2D eigenvalue weighted by atomic mass is 10.1. The number of halogens is 1. The lowest BCUT2D eigenvalue weighted by Crippen LogP contribution is -2.43. The van der Waals surface area contributed by atoms with E-state index in [-0.39, 0.29) is 18.0 Å². The van der Waals surface area contributed by atoms with Crippen LogP contribution < -0.4 is 20.3 Å². The van der Waals surface area contributed by atoms with Crippen LogP contribution in [0.3, 0.4) is 0 Å². The van der Waals surface area contributed by atoms with Gasteiger partial charge in [-0.25, -0.2) is 4.39 Å². The Bertz CT molecular complexity index is 786. The van der Waals surface area contributed by atoms with Crippen LogP contribution in [0.2, 0.25) is 0 Å². The Labute approximate surface area is 155 Å². The molecule has 6 nitrogen and oxygen atoms in total. The van der Waals surface area contributed by atoms with Crippen molar-refractivity contribution in [1.82, 2.24) is 10.9 Å². The Morgan fingerprint density at radius 3 is 2.46 bits per heavy atom. The molecular weight excluding hydrogens is 359 g/mol. The van der Waals surface area contributed by atoms with Crippen LogP contribution in [-0.4, -0.2) is 31.8 Å². The number of thioether (sulfide) groups is 1. The van der Waals surface area contributed by atoms with E-state index in [4.69, 9.17) is 9.47 Å². The first-order valence-corrected chi connectivity index (χ1v) is 8.68. The molecule has 2 rings (SSSR count). The molecule has 0 atom stereocenters. The summed E-state index contributed by atoms with van der Waals surface area (Å²) in [4.78, 5) is 24.1. The molecule has 2 N–H and O–H groups in total. The van der Waals surface area contributed by atoms with E-state index >= 15 is 0 Å². The number of carbonyl (C=O) groups is 2. The van der Waals surface area contributed by atoms with Gasteiger partial charge in [-0.2, -0.15) is 0 Å². The molecule has 0 bridgehead atoms. The summed E-state index contributed by atoms with van der Waals surface area (Å²) >= 11 is 1.05. The Balaban J connectivity index is 1.81. The second kappa shape index (κ2) is 9.67. The van der Waals surface area contributed by atoms with Gasteiger partial charge in [-0.1, -0.05) is 18.2 Å². The number of methoxy groups -OCH3 is 2. The van der Waals surface area contributed by atoms with Crippen molar-refractivity contribution in [2.45, 2.75) is 11.3 Å². The van der Waals surface area contributed by atoms with Crippen LogP contribution in [0.1, 0.15) is 5.56 Å². The highest BCUT2D eigenvalue weighted by molar-refractivity contribution is 8.00. The molecule has 0 aliphatic carbocycles. The zero-order valence-corrected chi connectivity index (χ0v) is 15.2. The fraction of sp³-hybridized carbons (Fsp3) is 0.222. The zero-order valence-electron chi connectivity index (χ0n) is 14.4. The molecule has 2 amide bonds. The van der Waals surface area contributed by atoms with Crippen molar-refractivity contribution in [3.05, 3.63) is 53.8 Å². The third-order valence-electron chi connectivity index (χ3n) is 3.38. The van der Waals surface area contributed by atoms with E-state index in [9.17, 15) is 14.0 Å². The first-order valence-electron chi connectivity index (χ1n) is 7.69. The number of carbonyl (C=O) groups excluding carboxylic acids is 2. The SMILES string of the molecule is COc1ccc(CC(=O)NNC(=O)CSc2ccccc2F)c(OC)c1. The van der Waals surface area contributed by atoms with Crippen LogP contribution in [0.15, 0.2) is 47.4 Å². The molecule has 0 aliphatic rings. The average Bonchev–Trinajstić information content (AvgIpc) is 2.66. The molecular formula is C18H19FN2O4S. The van der Waals surface area contributed by atoms with Gasteiger partial charge >= 0.3 is 0 Å². The number of amides is 2. The molecule has 0 unspecified atom stereocenters. The minimum atomic E-state index is -0.437. The smallest absolute Gasteiger partial charge is 0.248 e. The molecule has 8 heteroatoms. The Hall–Kier alpha value is -2.74. The maximum atomic E-state index is 13.5. The molecule has 0 spiro atoms. The minimum Gasteiger partial charge on any atom is -0.497 e. The molecule has 0 heterocycles. The summed E-state index contributed by atoms with van der Waals surface area (Å²) < 4.78 is 23.8. The molecule has 138 valence electrons. The van der Waals surface area contributed by atoms with Crippen LogP contribution >= 0.6 is 11.8 Å². The first-order chi connectivity index (χ1) is 12.5. The van der Waals surface area contributed by atoms with Crippen molar-refractivity contribution in [2.24, 2.45) is 0 Å². The summed E-state index contributed by atoms with van der Waals surface area (Å²) in [6.45, 7) is 0. The minimum absolute atomic E-state index is 0.0208. The first kappa shape index (κ1) is 19.6. The van der Waals surface area contributed by atoms with Crippen LogP contribution in [-0.2, 0) is 16.0 Å². The van der Waals surface area contributed by atoms with Gasteiger partial charge in [-0.3, -0.25) is 20.4 Å². The van der Waals surface area contributed by atoms with E-state index in [1.165, 1.54) is 20.3 Å². The second-order valence-electron chi connectivity index (χ2n) is 5.17. The third kappa shape index (κ3) is 5.66. The molecule has 0 saturated carbocycles. The molecule has 0 aromatic heterocycles. The summed E-state index contributed by atoms with van der Waals surface area (Å²) in [7, 11) is 3.04. The number of hydrogen-bond acceptors (Lipinski definition) is 5. The largest absolute Gasteiger partial charge is 0.497 e. The van der Waals surface area contributed by atoms with Crippen LogP contribution in [0.5, 0.6) is 11.5 Å². The Morgan fingerprint density at radius 1 is 1.04 bits per heavy atom. The summed E-state index contributed by atoms with van der Waals surface area (Å²) in [5.74, 6) is -0.120. The summed E-state index contributed by atoms with van der Waals surface area (Å²) in [6, 6.07) is 11.3. The van der Waals surface area contributed by atoms with Gasteiger partial charge in [0.1, 0.15) is 17.3 Å². The molecule has 2 aromatic carbocycles. The van der Waals surface area contributed by atoms with E-state index in [2.05, 4.69) is 10.9 Å². The van der Waals surface area contributed by atoms with Crippen LogP contribution in [0, 0.1) is 5.82 Å². The highest BCUT2D eigenvalue weighted by atomic mass is 32.2. The average molecular weight is 378 g/mol. The van der Waals surface area contributed by atoms with E-state index in [1.807, 2.05) is 0 Å². The van der Waals surface area contributed by atoms with Crippen molar-refractivity contribution in [3.8, 4) is 11.5 Å². The van der Waals surface area contributed by atoms with Gasteiger partial charge in [0.2, 0.25) is 11.8 Å². The highest BCUT2D eigenvalue weighted by Gasteiger charge is 2.11. The quantitative estimate of drug-likeness (QED) is 0.571. The van der Waals surface area contributed by atoms with Crippen molar-refractivity contribution in [3.63, 3.8) is 0 Å². The standard InChI is InChI=1S/C18H19FN2O4S/c1-24-13-8-7-12(15(10-13)25-2)9-17(22)20-21-18(23)11-26-16-6-4-3-5-14(16)19/h3-8,10H,9,11H2,1-2H3,(H,20,22)(H,21,23). The van der Waals surface area contributed by atoms with E-state index in [1.54, 1.807) is 36.4 Å². The molecule has 0 aliphatic heterocycles. The second-order valence-corrected chi connectivity index (χ2v) is 6.19. The van der Waals surface area contributed by atoms with Gasteiger partial charge in [-0.15, -0.1) is 11.8 Å². The number of ether oxygens (including phenoxy) is 2. The summed E-state index contributed by atoms with van der Waals surface area (Å²) in [5.41, 5.74) is 5.29. The molecule has 0 saturated heterocycles. The lowest BCUT2D eigenvalue weighted by molar-refractivity contribution is -0.127. The van der Waals surface area contributed by atoms with Gasteiger partial charge in [0.15, 0.2) is 0 Å². The van der Waals surface area contributed by atoms with Crippen molar-refractivity contribution in [1.29, 1.82) is 0 Å². The van der Waals surface area contributed by atoms with Gasteiger partial charge in [0.05, 0.1) is 26.4 Å². The third-order valence-corrected chi connectivity index (χ3v) is 4.43. The number of benzene rings is 2. The van der Waals surface area contributed by atoms with Gasteiger partial charge in [-0.05, 0) is 18.2 Å². The monoisotopic (exact) mass is 378 g/mol. The summed E-state index contributed by atoms with van der Waals surface area (Å²) in [6.07, 6.45) is 0.0217. The number of hydrogen-bond donors (Lipinski definition) is 2. The van der Waals surface area contributed by atoms with Crippen molar-refractivity contribution in [2.75, 3.05) is 20.0 Å². The molecule has 26 heavy (non-hydrogen) atoms. The number of rotatable bonds is 7. The topological polar surface area (TPSA) is 76.7 Å². The van der Waals surface area contributed by atoms with Gasteiger partial charge < -0.3 is 9.47 Å². The fourth-order valence-electron chi connectivity index (χ4n) is 2.10. The van der Waals surface area contributed by atoms with Crippen LogP contribution in [0.25, 0.3) is 0 Å². The normalized spacial score (nSPS) is 10.1. The lowest BCUT2D eigenvalue weighted by Gasteiger charge is -2.11. The predicted molar refractivity (Wildman–Crippen MR) is 96.7 cm³/mol. The Kier molecular flexibility index (Phi) is 7.28. The molecule has 0 radical (unpaired) electrons. The zero-order chi connectivity index (χ0) is 18.9. The van der Waals surface area contributed by atoms with E-state index < -0.39 is 11.8 Å². The number of hydrazine groups is 1. The van der Waals surface area contributed by atoms with Gasteiger partial charge in [0, 0.05) is 16.5 Å². The van der Waals surface area contributed by atoms with Crippen molar-refractivity contribution < 1.29 is 23.5 Å². The van der Waals surface area contributed by atoms with Crippen LogP contribution in [0.4, 0.5) is 4.39 Å². The highest BCUT2D eigenvalue weighted by Crippen LogP contribution is 2.25. The van der Waals surface area contributed by atoms with E-state index in [0.29, 0.717) is 22.0 Å². The van der Waals surface area contributed by atoms with Gasteiger partial charge in [0.25, 0.3) is 0 Å². The fourth-order valence-corrected chi connectivity index (χ4v) is 2.84. The maximum absolute atomic E-state index is 13.5. The predicted octanol–water partition coefficient (Wildman–Crippen LogP) is 2.33. The molecule has 0 fully saturated rings. The van der Waals surface area contributed by atoms with Crippen molar-refractivity contribution >= 4 is 23.6 Å². The van der Waals surface area contributed by atoms with E-state index in [0.717, 1.165) is 11.8 Å². The summed E-state index contributed by atoms with van der Waals surface area (Å²) in [5, 5.41) is 0. The maximum Gasteiger partial charge on any atom is 0.248 e.